The summed E-state index contributed by atoms with van der Waals surface area (Å²) in [4.78, 5) is 41.6. The SMILES string of the molecule is CCOC(=O)c1cnn(-c2cc(C)c3cccc(C)c3n2)c1NC(=O)c1ccc(OC(C)=O)cc1. The number of hydrogen-bond acceptors (Lipinski definition) is 7. The minimum absolute atomic E-state index is 0.0982. The van der Waals surface area contributed by atoms with E-state index in [0.717, 1.165) is 22.0 Å². The van der Waals surface area contributed by atoms with Crippen LogP contribution in [0.3, 0.4) is 0 Å². The Balaban J connectivity index is 1.76. The molecule has 0 radical (unpaired) electrons. The first-order valence-electron chi connectivity index (χ1n) is 11.0. The molecule has 9 heteroatoms. The van der Waals surface area contributed by atoms with Crippen molar-refractivity contribution < 1.29 is 23.9 Å². The second kappa shape index (κ2) is 9.76. The van der Waals surface area contributed by atoms with Crippen LogP contribution in [0.1, 0.15) is 45.7 Å². The molecule has 0 aliphatic heterocycles. The first kappa shape index (κ1) is 23.6. The molecule has 0 saturated heterocycles. The number of para-hydroxylation sites is 1. The summed E-state index contributed by atoms with van der Waals surface area (Å²) in [5, 5.41) is 8.12. The number of carbonyl (C=O) groups excluding carboxylic acids is 3. The highest BCUT2D eigenvalue weighted by molar-refractivity contribution is 6.07. The zero-order valence-corrected chi connectivity index (χ0v) is 19.8. The van der Waals surface area contributed by atoms with Crippen LogP contribution in [-0.4, -0.2) is 39.2 Å². The molecule has 2 heterocycles. The van der Waals surface area contributed by atoms with Crippen molar-refractivity contribution in [3.63, 3.8) is 0 Å². The Morgan fingerprint density at radius 2 is 1.77 bits per heavy atom. The van der Waals surface area contributed by atoms with Crippen molar-refractivity contribution in [2.75, 3.05) is 11.9 Å². The summed E-state index contributed by atoms with van der Waals surface area (Å²) in [6, 6.07) is 13.8. The lowest BCUT2D eigenvalue weighted by molar-refractivity contribution is -0.131. The molecule has 0 atom stereocenters. The van der Waals surface area contributed by atoms with Gasteiger partial charge >= 0.3 is 11.9 Å². The monoisotopic (exact) mass is 472 g/mol. The fourth-order valence-corrected chi connectivity index (χ4v) is 3.67. The van der Waals surface area contributed by atoms with Crippen LogP contribution < -0.4 is 10.1 Å². The van der Waals surface area contributed by atoms with Gasteiger partial charge in [-0.1, -0.05) is 18.2 Å². The summed E-state index contributed by atoms with van der Waals surface area (Å²) in [5.74, 6) is -0.665. The lowest BCUT2D eigenvalue weighted by atomic mass is 10.1. The van der Waals surface area contributed by atoms with Gasteiger partial charge in [0.15, 0.2) is 11.6 Å². The Morgan fingerprint density at radius 3 is 2.46 bits per heavy atom. The first-order valence-corrected chi connectivity index (χ1v) is 11.0. The smallest absolute Gasteiger partial charge is 0.343 e. The van der Waals surface area contributed by atoms with Crippen LogP contribution in [0.25, 0.3) is 16.7 Å². The minimum Gasteiger partial charge on any atom is -0.462 e. The van der Waals surface area contributed by atoms with E-state index in [1.807, 2.05) is 38.1 Å². The van der Waals surface area contributed by atoms with Crippen molar-refractivity contribution in [3.05, 3.63) is 77.0 Å². The quantitative estimate of drug-likeness (QED) is 0.327. The largest absolute Gasteiger partial charge is 0.462 e. The van der Waals surface area contributed by atoms with E-state index in [4.69, 9.17) is 14.5 Å². The number of rotatable bonds is 6. The molecule has 0 aliphatic rings. The molecule has 35 heavy (non-hydrogen) atoms. The molecule has 178 valence electrons. The fourth-order valence-electron chi connectivity index (χ4n) is 3.67. The molecule has 0 saturated carbocycles. The van der Waals surface area contributed by atoms with Crippen LogP contribution in [-0.2, 0) is 9.53 Å². The van der Waals surface area contributed by atoms with Crippen LogP contribution >= 0.6 is 0 Å². The summed E-state index contributed by atoms with van der Waals surface area (Å²) >= 11 is 0. The second-order valence-electron chi connectivity index (χ2n) is 7.88. The van der Waals surface area contributed by atoms with Crippen molar-refractivity contribution in [1.82, 2.24) is 14.8 Å². The molecule has 4 aromatic rings. The molecule has 2 aromatic carbocycles. The maximum atomic E-state index is 13.1. The second-order valence-corrected chi connectivity index (χ2v) is 7.88. The van der Waals surface area contributed by atoms with E-state index in [9.17, 15) is 14.4 Å². The van der Waals surface area contributed by atoms with Crippen LogP contribution in [0.2, 0.25) is 0 Å². The van der Waals surface area contributed by atoms with E-state index >= 15 is 0 Å². The van der Waals surface area contributed by atoms with Crippen LogP contribution in [0.4, 0.5) is 5.82 Å². The van der Waals surface area contributed by atoms with Crippen LogP contribution in [0.5, 0.6) is 5.75 Å². The Morgan fingerprint density at radius 1 is 1.03 bits per heavy atom. The molecular weight excluding hydrogens is 448 g/mol. The predicted octanol–water partition coefficient (Wildman–Crippen LogP) is 4.39. The Bertz CT molecular complexity index is 1440. The standard InChI is InChI=1S/C26H24N4O5/c1-5-34-26(33)21-14-27-30(22-13-16(3)20-8-6-7-15(2)23(20)28-22)24(21)29-25(32)18-9-11-19(12-10-18)35-17(4)31/h6-14H,5H2,1-4H3,(H,29,32). The number of benzene rings is 2. The summed E-state index contributed by atoms with van der Waals surface area (Å²) in [6.07, 6.45) is 1.34. The lowest BCUT2D eigenvalue weighted by Gasteiger charge is -2.13. The number of anilines is 1. The predicted molar refractivity (Wildman–Crippen MR) is 130 cm³/mol. The van der Waals surface area contributed by atoms with Gasteiger partial charge in [0.05, 0.1) is 18.3 Å². The van der Waals surface area contributed by atoms with Gasteiger partial charge in [0.2, 0.25) is 0 Å². The van der Waals surface area contributed by atoms with E-state index < -0.39 is 17.8 Å². The number of aryl methyl sites for hydroxylation is 2. The van der Waals surface area contributed by atoms with Crippen molar-refractivity contribution in [1.29, 1.82) is 0 Å². The number of hydrogen-bond donors (Lipinski definition) is 1. The lowest BCUT2D eigenvalue weighted by Crippen LogP contribution is -2.18. The molecule has 0 bridgehead atoms. The van der Waals surface area contributed by atoms with Gasteiger partial charge in [0.1, 0.15) is 11.3 Å². The molecule has 1 N–H and O–H groups in total. The highest BCUT2D eigenvalue weighted by Crippen LogP contribution is 2.26. The topological polar surface area (TPSA) is 112 Å². The number of aromatic nitrogens is 3. The molecular formula is C26H24N4O5. The van der Waals surface area contributed by atoms with Gasteiger partial charge in [0, 0.05) is 17.9 Å². The van der Waals surface area contributed by atoms with Crippen molar-refractivity contribution in [2.24, 2.45) is 0 Å². The molecule has 1 amide bonds. The average molecular weight is 473 g/mol. The number of nitrogens with one attached hydrogen (secondary N) is 1. The van der Waals surface area contributed by atoms with Gasteiger partial charge in [-0.15, -0.1) is 0 Å². The first-order chi connectivity index (χ1) is 16.8. The number of fused-ring (bicyclic) bond motifs is 1. The van der Waals surface area contributed by atoms with Crippen molar-refractivity contribution in [3.8, 4) is 11.6 Å². The minimum atomic E-state index is -0.618. The summed E-state index contributed by atoms with van der Waals surface area (Å²) < 4.78 is 11.6. The van der Waals surface area contributed by atoms with Gasteiger partial charge in [-0.3, -0.25) is 9.59 Å². The highest BCUT2D eigenvalue weighted by atomic mass is 16.5. The van der Waals surface area contributed by atoms with Gasteiger partial charge in [-0.05, 0) is 62.2 Å². The van der Waals surface area contributed by atoms with Crippen LogP contribution in [0, 0.1) is 13.8 Å². The molecule has 4 rings (SSSR count). The average Bonchev–Trinajstić information content (AvgIpc) is 3.23. The van der Waals surface area contributed by atoms with E-state index in [-0.39, 0.29) is 18.0 Å². The van der Waals surface area contributed by atoms with E-state index in [0.29, 0.717) is 17.1 Å². The molecule has 2 aromatic heterocycles. The normalized spacial score (nSPS) is 10.7. The number of amides is 1. The van der Waals surface area contributed by atoms with E-state index in [1.54, 1.807) is 6.92 Å². The van der Waals surface area contributed by atoms with Gasteiger partial charge in [0.25, 0.3) is 5.91 Å². The third-order valence-electron chi connectivity index (χ3n) is 5.33. The highest BCUT2D eigenvalue weighted by Gasteiger charge is 2.23. The number of esters is 2. The zero-order valence-electron chi connectivity index (χ0n) is 19.8. The van der Waals surface area contributed by atoms with Crippen LogP contribution in [0.15, 0.2) is 54.7 Å². The number of nitrogens with zero attached hydrogens (tertiary/aromatic N) is 3. The molecule has 9 nitrogen and oxygen atoms in total. The van der Waals surface area contributed by atoms with E-state index in [2.05, 4.69) is 10.4 Å². The summed E-state index contributed by atoms with van der Waals surface area (Å²) in [5.41, 5.74) is 3.15. The summed E-state index contributed by atoms with van der Waals surface area (Å²) in [6.45, 7) is 7.09. The van der Waals surface area contributed by atoms with Gasteiger partial charge < -0.3 is 14.8 Å². The fraction of sp³-hybridized carbons (Fsp3) is 0.192. The molecule has 0 spiro atoms. The van der Waals surface area contributed by atoms with Crippen molar-refractivity contribution >= 4 is 34.6 Å². The number of pyridine rings is 1. The maximum absolute atomic E-state index is 13.1. The Hall–Kier alpha value is -4.53. The van der Waals surface area contributed by atoms with E-state index in [1.165, 1.54) is 42.1 Å². The van der Waals surface area contributed by atoms with Gasteiger partial charge in [-0.25, -0.2) is 9.78 Å². The Labute approximate surface area is 201 Å². The molecule has 0 unspecified atom stereocenters. The Kier molecular flexibility index (Phi) is 6.59. The molecule has 0 aliphatic carbocycles. The zero-order chi connectivity index (χ0) is 25.1. The number of carbonyl (C=O) groups is 3. The third kappa shape index (κ3) is 4.89. The number of ether oxygens (including phenoxy) is 2. The summed E-state index contributed by atoms with van der Waals surface area (Å²) in [7, 11) is 0. The van der Waals surface area contributed by atoms with Gasteiger partial charge in [-0.2, -0.15) is 9.78 Å². The maximum Gasteiger partial charge on any atom is 0.343 e. The molecule has 0 fully saturated rings. The van der Waals surface area contributed by atoms with Crippen molar-refractivity contribution in [2.45, 2.75) is 27.7 Å². The third-order valence-corrected chi connectivity index (χ3v) is 5.33.